The van der Waals surface area contributed by atoms with E-state index in [9.17, 15) is 20.1 Å². The summed E-state index contributed by atoms with van der Waals surface area (Å²) in [6.07, 6.45) is 6.65. The highest BCUT2D eigenvalue weighted by molar-refractivity contribution is 5.75. The van der Waals surface area contributed by atoms with E-state index in [2.05, 4.69) is 0 Å². The first-order valence-corrected chi connectivity index (χ1v) is 9.11. The average molecular weight is 334 g/mol. The van der Waals surface area contributed by atoms with Crippen LogP contribution in [0.1, 0.15) is 52.9 Å². The molecule has 2 saturated carbocycles. The molecule has 0 spiro atoms. The minimum atomic E-state index is -1.02. The zero-order valence-corrected chi connectivity index (χ0v) is 14.9. The molecule has 0 aromatic rings. The van der Waals surface area contributed by atoms with Gasteiger partial charge in [0.15, 0.2) is 0 Å². The molecular formula is C20H30O4. The van der Waals surface area contributed by atoms with Crippen molar-refractivity contribution in [3.63, 3.8) is 0 Å². The van der Waals surface area contributed by atoms with Gasteiger partial charge in [-0.25, -0.2) is 0 Å². The fourth-order valence-electron chi connectivity index (χ4n) is 5.49. The number of carbonyl (C=O) groups excluding carboxylic acids is 1. The van der Waals surface area contributed by atoms with Gasteiger partial charge in [0, 0.05) is 11.8 Å². The highest BCUT2D eigenvalue weighted by Gasteiger charge is 2.58. The molecule has 134 valence electrons. The van der Waals surface area contributed by atoms with Crippen molar-refractivity contribution in [2.24, 2.45) is 23.2 Å². The number of fused-ring (bicyclic) bond motifs is 4. The third-order valence-electron chi connectivity index (χ3n) is 6.68. The predicted molar refractivity (Wildman–Crippen MR) is 92.2 cm³/mol. The Kier molecular flexibility index (Phi) is 4.52. The summed E-state index contributed by atoms with van der Waals surface area (Å²) in [7, 11) is 0. The number of aliphatic hydroxyl groups is 3. The van der Waals surface area contributed by atoms with Crippen molar-refractivity contribution in [1.82, 2.24) is 0 Å². The van der Waals surface area contributed by atoms with Gasteiger partial charge in [-0.1, -0.05) is 24.6 Å². The normalized spacial score (nSPS) is 47.9. The van der Waals surface area contributed by atoms with E-state index in [1.165, 1.54) is 0 Å². The second-order valence-electron chi connectivity index (χ2n) is 8.76. The second kappa shape index (κ2) is 6.08. The molecule has 0 aliphatic heterocycles. The van der Waals surface area contributed by atoms with E-state index in [1.807, 2.05) is 32.9 Å². The summed E-state index contributed by atoms with van der Waals surface area (Å²) < 4.78 is 0. The molecule has 24 heavy (non-hydrogen) atoms. The Hall–Kier alpha value is -0.970. The number of carbonyl (C=O) groups is 1. The van der Waals surface area contributed by atoms with Crippen LogP contribution in [-0.4, -0.2) is 39.4 Å². The van der Waals surface area contributed by atoms with Crippen molar-refractivity contribution < 1.29 is 20.1 Å². The molecule has 3 aliphatic carbocycles. The maximum Gasteiger partial charge on any atom is 0.146 e. The molecule has 0 amide bonds. The fourth-order valence-corrected chi connectivity index (χ4v) is 5.49. The molecule has 4 nitrogen and oxygen atoms in total. The number of aliphatic hydroxyl groups excluding tert-OH is 2. The van der Waals surface area contributed by atoms with E-state index < -0.39 is 17.8 Å². The van der Waals surface area contributed by atoms with Crippen LogP contribution in [0.3, 0.4) is 0 Å². The summed E-state index contributed by atoms with van der Waals surface area (Å²) in [6, 6.07) is 0. The lowest BCUT2D eigenvalue weighted by molar-refractivity contribution is -0.155. The topological polar surface area (TPSA) is 77.8 Å². The summed E-state index contributed by atoms with van der Waals surface area (Å²) in [6.45, 7) is 5.98. The summed E-state index contributed by atoms with van der Waals surface area (Å²) in [4.78, 5) is 11.7. The minimum absolute atomic E-state index is 0.128. The number of hydrogen-bond acceptors (Lipinski definition) is 4. The molecule has 3 rings (SSSR count). The quantitative estimate of drug-likeness (QED) is 0.535. The monoisotopic (exact) mass is 334 g/mol. The molecule has 0 radical (unpaired) electrons. The molecule has 3 aliphatic rings. The minimum Gasteiger partial charge on any atom is -0.393 e. The van der Waals surface area contributed by atoms with Crippen LogP contribution in [0.2, 0.25) is 0 Å². The fraction of sp³-hybridized carbons (Fsp3) is 0.750. The zero-order valence-electron chi connectivity index (χ0n) is 14.9. The smallest absolute Gasteiger partial charge is 0.146 e. The van der Waals surface area contributed by atoms with Crippen LogP contribution in [0.4, 0.5) is 0 Å². The molecule has 4 heteroatoms. The molecule has 0 unspecified atom stereocenters. The highest BCUT2D eigenvalue weighted by Crippen LogP contribution is 2.56. The van der Waals surface area contributed by atoms with Crippen LogP contribution >= 0.6 is 0 Å². The Morgan fingerprint density at radius 1 is 1.25 bits per heavy atom. The number of rotatable bonds is 2. The second-order valence-corrected chi connectivity index (χ2v) is 8.76. The van der Waals surface area contributed by atoms with Gasteiger partial charge < -0.3 is 15.3 Å². The first kappa shape index (κ1) is 17.8. The van der Waals surface area contributed by atoms with Gasteiger partial charge in [-0.2, -0.15) is 0 Å². The Bertz CT molecular complexity index is 576. The van der Waals surface area contributed by atoms with E-state index >= 15 is 0 Å². The Balaban J connectivity index is 2.06. The van der Waals surface area contributed by atoms with Crippen molar-refractivity contribution in [2.45, 2.75) is 70.7 Å². The van der Waals surface area contributed by atoms with E-state index in [-0.39, 0.29) is 23.2 Å². The van der Waals surface area contributed by atoms with Gasteiger partial charge in [-0.15, -0.1) is 0 Å². The number of allylic oxidation sites excluding steroid dienone is 2. The van der Waals surface area contributed by atoms with Crippen LogP contribution < -0.4 is 0 Å². The first-order chi connectivity index (χ1) is 11.2. The summed E-state index contributed by atoms with van der Waals surface area (Å²) in [5.41, 5.74) is 0.421. The number of aldehydes is 1. The van der Waals surface area contributed by atoms with E-state index in [0.717, 1.165) is 24.7 Å². The summed E-state index contributed by atoms with van der Waals surface area (Å²) in [5, 5.41) is 33.0. The van der Waals surface area contributed by atoms with Crippen LogP contribution in [0.25, 0.3) is 0 Å². The summed E-state index contributed by atoms with van der Waals surface area (Å²) in [5.74, 6) is -0.717. The van der Waals surface area contributed by atoms with Crippen molar-refractivity contribution in [1.29, 1.82) is 0 Å². The molecule has 0 saturated heterocycles. The van der Waals surface area contributed by atoms with Crippen molar-refractivity contribution in [2.75, 3.05) is 0 Å². The van der Waals surface area contributed by atoms with Crippen LogP contribution in [0, 0.1) is 23.2 Å². The maximum atomic E-state index is 11.7. The largest absolute Gasteiger partial charge is 0.393 e. The molecule has 2 fully saturated rings. The van der Waals surface area contributed by atoms with Gasteiger partial charge in [0.25, 0.3) is 0 Å². The lowest BCUT2D eigenvalue weighted by Gasteiger charge is -2.51. The molecule has 0 heterocycles. The van der Waals surface area contributed by atoms with Crippen molar-refractivity contribution >= 4 is 6.29 Å². The molecular weight excluding hydrogens is 304 g/mol. The average Bonchev–Trinajstić information content (AvgIpc) is 2.60. The van der Waals surface area contributed by atoms with Gasteiger partial charge in [0.05, 0.1) is 17.8 Å². The van der Waals surface area contributed by atoms with Crippen molar-refractivity contribution in [3.8, 4) is 0 Å². The standard InChI is InChI=1S/C20H30O4/c1-12(2)8-13-9-14(10-21)15-4-6-19(3)11-20(24,7-5-16(19)22)17(15)18(13)23/h8-10,13,15-18,22-24H,4-7,11H2,1-3H3/t13-,15+,16-,17-,18+,19-,20-/m1/s1. The molecule has 0 aromatic carbocycles. The first-order valence-electron chi connectivity index (χ1n) is 9.11. The maximum absolute atomic E-state index is 11.7. The van der Waals surface area contributed by atoms with Gasteiger partial charge >= 0.3 is 0 Å². The van der Waals surface area contributed by atoms with Gasteiger partial charge in [0.1, 0.15) is 6.29 Å². The predicted octanol–water partition coefficient (Wildman–Crippen LogP) is 2.38. The Labute approximate surface area is 144 Å². The lowest BCUT2D eigenvalue weighted by Crippen LogP contribution is -2.56. The van der Waals surface area contributed by atoms with Crippen molar-refractivity contribution in [3.05, 3.63) is 23.3 Å². The molecule has 7 atom stereocenters. The highest BCUT2D eigenvalue weighted by atomic mass is 16.3. The van der Waals surface area contributed by atoms with Gasteiger partial charge in [-0.3, -0.25) is 4.79 Å². The van der Waals surface area contributed by atoms with Gasteiger partial charge in [-0.05, 0) is 62.9 Å². The lowest BCUT2D eigenvalue weighted by atomic mass is 9.59. The third kappa shape index (κ3) is 2.79. The Morgan fingerprint density at radius 2 is 1.96 bits per heavy atom. The Morgan fingerprint density at radius 3 is 2.58 bits per heavy atom. The van der Waals surface area contributed by atoms with Crippen LogP contribution in [0.5, 0.6) is 0 Å². The van der Waals surface area contributed by atoms with E-state index in [1.54, 1.807) is 0 Å². The zero-order chi connectivity index (χ0) is 17.7. The van der Waals surface area contributed by atoms with E-state index in [0.29, 0.717) is 24.8 Å². The summed E-state index contributed by atoms with van der Waals surface area (Å²) >= 11 is 0. The number of hydrogen-bond donors (Lipinski definition) is 3. The van der Waals surface area contributed by atoms with Crippen LogP contribution in [-0.2, 0) is 4.79 Å². The molecule has 2 bridgehead atoms. The third-order valence-corrected chi connectivity index (χ3v) is 6.68. The van der Waals surface area contributed by atoms with E-state index in [4.69, 9.17) is 0 Å². The molecule has 3 N–H and O–H groups in total. The van der Waals surface area contributed by atoms with Gasteiger partial charge in [0.2, 0.25) is 0 Å². The molecule has 0 aromatic heterocycles. The SMILES string of the molecule is CC(C)=C[C@@H]1C=C(C=O)[C@@H]2CC[C@]3(C)C[C@](O)(CC[C@H]3O)[C@H]2[C@H]1O. The van der Waals surface area contributed by atoms with Crippen LogP contribution in [0.15, 0.2) is 23.3 Å².